The lowest BCUT2D eigenvalue weighted by Crippen LogP contribution is -2.48. The minimum atomic E-state index is -0.0720. The predicted molar refractivity (Wildman–Crippen MR) is 135 cm³/mol. The van der Waals surface area contributed by atoms with Gasteiger partial charge in [0.1, 0.15) is 17.9 Å². The molecule has 0 unspecified atom stereocenters. The van der Waals surface area contributed by atoms with Gasteiger partial charge in [0.2, 0.25) is 11.9 Å². The summed E-state index contributed by atoms with van der Waals surface area (Å²) in [5, 5.41) is 12.9. The van der Waals surface area contributed by atoms with Crippen molar-refractivity contribution in [2.75, 3.05) is 47.8 Å². The van der Waals surface area contributed by atoms with Crippen LogP contribution in [0.15, 0.2) is 47.2 Å². The summed E-state index contributed by atoms with van der Waals surface area (Å²) < 4.78 is 7.79. The first-order valence-electron chi connectivity index (χ1n) is 12.1. The number of piperazine rings is 1. The molecule has 1 aromatic carbocycles. The summed E-state index contributed by atoms with van der Waals surface area (Å²) in [6.07, 6.45) is 3.43. The molecule has 186 valence electrons. The van der Waals surface area contributed by atoms with E-state index in [4.69, 9.17) is 9.40 Å². The lowest BCUT2D eigenvalue weighted by atomic mass is 10.2. The molecule has 2 aliphatic rings. The molecule has 2 aliphatic heterocycles. The zero-order valence-electron chi connectivity index (χ0n) is 20.1. The molecular formula is C25H28N8O3. The third-order valence-electron chi connectivity index (χ3n) is 6.91. The maximum Gasteiger partial charge on any atom is 0.229 e. The average Bonchev–Trinajstić information content (AvgIpc) is 3.55. The number of aliphatic hydroxyl groups excluding tert-OH is 1. The number of nitrogens with zero attached hydrogens (tertiary/aromatic N) is 7. The first-order valence-corrected chi connectivity index (χ1v) is 12.1. The van der Waals surface area contributed by atoms with Crippen LogP contribution in [-0.2, 0) is 24.5 Å². The second-order valence-corrected chi connectivity index (χ2v) is 9.07. The summed E-state index contributed by atoms with van der Waals surface area (Å²) in [6, 6.07) is 10.0. The fraction of sp³-hybridized carbons (Fsp3) is 0.360. The van der Waals surface area contributed by atoms with Gasteiger partial charge in [0, 0.05) is 63.6 Å². The fourth-order valence-electron chi connectivity index (χ4n) is 4.94. The fourth-order valence-corrected chi connectivity index (χ4v) is 4.94. The second-order valence-electron chi connectivity index (χ2n) is 9.07. The maximum absolute atomic E-state index is 11.6. The highest BCUT2D eigenvalue weighted by Gasteiger charge is 2.24. The molecule has 0 bridgehead atoms. The van der Waals surface area contributed by atoms with Crippen molar-refractivity contribution in [3.05, 3.63) is 54.3 Å². The molecular weight excluding hydrogens is 460 g/mol. The monoisotopic (exact) mass is 488 g/mol. The van der Waals surface area contributed by atoms with Gasteiger partial charge >= 0.3 is 0 Å². The minimum absolute atomic E-state index is 0.0720. The number of rotatable bonds is 5. The number of aliphatic hydroxyl groups is 1. The van der Waals surface area contributed by atoms with Crippen LogP contribution in [0.1, 0.15) is 18.4 Å². The minimum Gasteiger partial charge on any atom is -0.459 e. The number of furan rings is 1. The lowest BCUT2D eigenvalue weighted by Gasteiger charge is -2.35. The van der Waals surface area contributed by atoms with Crippen LogP contribution in [0.2, 0.25) is 0 Å². The van der Waals surface area contributed by atoms with E-state index in [1.807, 2.05) is 23.1 Å². The van der Waals surface area contributed by atoms with Gasteiger partial charge in [0.05, 0.1) is 24.7 Å². The molecule has 4 aromatic rings. The molecule has 2 N–H and O–H groups in total. The van der Waals surface area contributed by atoms with Crippen molar-refractivity contribution in [1.29, 1.82) is 0 Å². The Morgan fingerprint density at radius 2 is 1.81 bits per heavy atom. The topological polar surface area (TPSA) is 116 Å². The Morgan fingerprint density at radius 1 is 1.03 bits per heavy atom. The highest BCUT2D eigenvalue weighted by atomic mass is 16.3. The molecule has 0 atom stereocenters. The maximum atomic E-state index is 11.6. The summed E-state index contributed by atoms with van der Waals surface area (Å²) in [5.41, 5.74) is 4.42. The van der Waals surface area contributed by atoms with Crippen LogP contribution in [0.5, 0.6) is 0 Å². The van der Waals surface area contributed by atoms with E-state index in [1.165, 1.54) is 0 Å². The van der Waals surface area contributed by atoms with Crippen LogP contribution in [0.25, 0.3) is 11.1 Å². The Balaban J connectivity index is 1.20. The standard InChI is InChI=1S/C25H28N8O3/c1-17(35)30-7-9-31(10-8-30)19-4-2-18(3-5-19)27-25-28-21-6-13-36-23(21)24(29-25)32-11-12-33-20(15-32)14-26-22(33)16-34/h2-6,13-14,34H,7-12,15-16H2,1H3,(H,27,28,29). The van der Waals surface area contributed by atoms with Gasteiger partial charge in [0.15, 0.2) is 11.4 Å². The van der Waals surface area contributed by atoms with Crippen molar-refractivity contribution in [2.45, 2.75) is 26.6 Å². The van der Waals surface area contributed by atoms with E-state index in [9.17, 15) is 9.90 Å². The van der Waals surface area contributed by atoms with Crippen LogP contribution in [0, 0.1) is 0 Å². The summed E-state index contributed by atoms with van der Waals surface area (Å²) in [7, 11) is 0. The van der Waals surface area contributed by atoms with Gasteiger partial charge in [-0.25, -0.2) is 9.97 Å². The van der Waals surface area contributed by atoms with Crippen molar-refractivity contribution in [3.8, 4) is 0 Å². The van der Waals surface area contributed by atoms with Gasteiger partial charge in [-0.15, -0.1) is 0 Å². The van der Waals surface area contributed by atoms with Crippen molar-refractivity contribution in [2.24, 2.45) is 0 Å². The van der Waals surface area contributed by atoms with Gasteiger partial charge in [-0.1, -0.05) is 0 Å². The zero-order chi connectivity index (χ0) is 24.6. The van der Waals surface area contributed by atoms with E-state index in [2.05, 4.69) is 41.8 Å². The summed E-state index contributed by atoms with van der Waals surface area (Å²) in [5.74, 6) is 2.04. The van der Waals surface area contributed by atoms with Gasteiger partial charge in [-0.2, -0.15) is 4.98 Å². The Kier molecular flexibility index (Phi) is 5.68. The van der Waals surface area contributed by atoms with Gasteiger partial charge in [0.25, 0.3) is 0 Å². The molecule has 0 spiro atoms. The van der Waals surface area contributed by atoms with E-state index >= 15 is 0 Å². The molecule has 0 radical (unpaired) electrons. The number of fused-ring (bicyclic) bond motifs is 2. The molecule has 36 heavy (non-hydrogen) atoms. The zero-order valence-corrected chi connectivity index (χ0v) is 20.1. The van der Waals surface area contributed by atoms with E-state index in [0.29, 0.717) is 37.0 Å². The van der Waals surface area contributed by atoms with E-state index in [-0.39, 0.29) is 12.5 Å². The molecule has 1 amide bonds. The molecule has 0 saturated carbocycles. The quantitative estimate of drug-likeness (QED) is 0.437. The van der Waals surface area contributed by atoms with Crippen molar-refractivity contribution in [1.82, 2.24) is 24.4 Å². The van der Waals surface area contributed by atoms with Crippen LogP contribution in [0.4, 0.5) is 23.1 Å². The summed E-state index contributed by atoms with van der Waals surface area (Å²) in [6.45, 7) is 6.73. The molecule has 11 nitrogen and oxygen atoms in total. The van der Waals surface area contributed by atoms with Crippen LogP contribution in [-0.4, -0.2) is 68.2 Å². The number of carbonyl (C=O) groups is 1. The Bertz CT molecular complexity index is 1390. The Hall–Kier alpha value is -4.12. The number of aromatic nitrogens is 4. The van der Waals surface area contributed by atoms with E-state index in [1.54, 1.807) is 19.4 Å². The number of imidazole rings is 1. The molecule has 5 heterocycles. The third-order valence-corrected chi connectivity index (χ3v) is 6.91. The van der Waals surface area contributed by atoms with Crippen LogP contribution >= 0.6 is 0 Å². The number of benzene rings is 1. The molecule has 3 aromatic heterocycles. The summed E-state index contributed by atoms with van der Waals surface area (Å²) >= 11 is 0. The van der Waals surface area contributed by atoms with E-state index in [0.717, 1.165) is 54.6 Å². The van der Waals surface area contributed by atoms with Gasteiger partial charge < -0.3 is 34.1 Å². The molecule has 1 fully saturated rings. The smallest absolute Gasteiger partial charge is 0.229 e. The largest absolute Gasteiger partial charge is 0.459 e. The van der Waals surface area contributed by atoms with Gasteiger partial charge in [-0.05, 0) is 24.3 Å². The predicted octanol–water partition coefficient (Wildman–Crippen LogP) is 2.34. The highest BCUT2D eigenvalue weighted by Crippen LogP contribution is 2.30. The van der Waals surface area contributed by atoms with E-state index < -0.39 is 0 Å². The van der Waals surface area contributed by atoms with Crippen molar-refractivity contribution < 1.29 is 14.3 Å². The molecule has 6 rings (SSSR count). The third kappa shape index (κ3) is 4.11. The number of hydrogen-bond acceptors (Lipinski definition) is 9. The number of nitrogens with one attached hydrogen (secondary N) is 1. The number of anilines is 4. The number of hydrogen-bond donors (Lipinski definition) is 2. The number of carbonyl (C=O) groups excluding carboxylic acids is 1. The van der Waals surface area contributed by atoms with Crippen LogP contribution < -0.4 is 15.1 Å². The molecule has 1 saturated heterocycles. The first-order chi connectivity index (χ1) is 17.6. The van der Waals surface area contributed by atoms with Crippen molar-refractivity contribution in [3.63, 3.8) is 0 Å². The lowest BCUT2D eigenvalue weighted by molar-refractivity contribution is -0.129. The molecule has 11 heteroatoms. The van der Waals surface area contributed by atoms with Crippen LogP contribution in [0.3, 0.4) is 0 Å². The molecule has 0 aliphatic carbocycles. The highest BCUT2D eigenvalue weighted by molar-refractivity contribution is 5.85. The SMILES string of the molecule is CC(=O)N1CCN(c2ccc(Nc3nc(N4CCn5c(cnc5CO)C4)c4occc4n3)cc2)CC1. The van der Waals surface area contributed by atoms with Crippen molar-refractivity contribution >= 4 is 40.1 Å². The first kappa shape index (κ1) is 22.4. The summed E-state index contributed by atoms with van der Waals surface area (Å²) in [4.78, 5) is 31.7. The second kappa shape index (κ2) is 9.15. The Labute approximate surface area is 208 Å². The number of amides is 1. The Morgan fingerprint density at radius 3 is 2.56 bits per heavy atom. The normalized spacial score (nSPS) is 15.9. The van der Waals surface area contributed by atoms with Gasteiger partial charge in [-0.3, -0.25) is 4.79 Å². The average molecular weight is 489 g/mol.